The number of sulfonamides is 1. The van der Waals surface area contributed by atoms with Gasteiger partial charge in [-0.05, 0) is 56.6 Å². The maximum Gasteiger partial charge on any atom is 0.243 e. The molecule has 0 aromatic heterocycles. The number of nitrogens with zero attached hydrogens (tertiary/aromatic N) is 3. The van der Waals surface area contributed by atoms with Gasteiger partial charge in [-0.25, -0.2) is 12.8 Å². The number of amides is 1. The Bertz CT molecular complexity index is 1070. The number of anilines is 1. The lowest BCUT2D eigenvalue weighted by Gasteiger charge is -2.22. The van der Waals surface area contributed by atoms with Gasteiger partial charge in [0, 0.05) is 44.0 Å². The van der Waals surface area contributed by atoms with Crippen LogP contribution in [0.15, 0.2) is 53.4 Å². The summed E-state index contributed by atoms with van der Waals surface area (Å²) in [5.41, 5.74) is 1.17. The van der Waals surface area contributed by atoms with Crippen molar-refractivity contribution in [1.29, 1.82) is 0 Å². The zero-order valence-electron chi connectivity index (χ0n) is 18.7. The third-order valence-electron chi connectivity index (χ3n) is 6.22. The average Bonchev–Trinajstić information content (AvgIpc) is 3.26. The van der Waals surface area contributed by atoms with Gasteiger partial charge in [-0.15, -0.1) is 0 Å². The average molecular weight is 475 g/mol. The molecular formula is C24H31FN4O3S. The van der Waals surface area contributed by atoms with E-state index in [-0.39, 0.29) is 23.2 Å². The van der Waals surface area contributed by atoms with Crippen LogP contribution in [0.1, 0.15) is 24.8 Å². The van der Waals surface area contributed by atoms with E-state index >= 15 is 0 Å². The van der Waals surface area contributed by atoms with E-state index in [0.29, 0.717) is 37.4 Å². The number of hydrogen-bond donors (Lipinski definition) is 1. The quantitative estimate of drug-likeness (QED) is 0.668. The highest BCUT2D eigenvalue weighted by Gasteiger charge is 2.27. The topological polar surface area (TPSA) is 73.0 Å². The minimum Gasteiger partial charge on any atom is -0.325 e. The number of benzene rings is 2. The zero-order chi connectivity index (χ0) is 23.3. The van der Waals surface area contributed by atoms with Gasteiger partial charge in [0.2, 0.25) is 15.9 Å². The summed E-state index contributed by atoms with van der Waals surface area (Å²) in [4.78, 5) is 17.2. The molecule has 4 rings (SSSR count). The Morgan fingerprint density at radius 3 is 2.39 bits per heavy atom. The number of hydrogen-bond acceptors (Lipinski definition) is 5. The lowest BCUT2D eigenvalue weighted by Crippen LogP contribution is -2.36. The molecule has 178 valence electrons. The van der Waals surface area contributed by atoms with E-state index in [2.05, 4.69) is 15.1 Å². The standard InChI is InChI=1S/C24H31FN4O3S/c25-23-10-2-1-7-20(23)18-27-11-6-12-28(16-15-27)19-24(30)26-21-8-5-9-22(17-21)33(31,32)29-13-3-4-14-29/h1-2,5,7-10,17H,3-4,6,11-16,18-19H2,(H,26,30). The van der Waals surface area contributed by atoms with Crippen molar-refractivity contribution < 1.29 is 17.6 Å². The predicted molar refractivity (Wildman–Crippen MR) is 126 cm³/mol. The first-order chi connectivity index (χ1) is 15.9. The molecule has 0 unspecified atom stereocenters. The number of carbonyl (C=O) groups excluding carboxylic acids is 1. The van der Waals surface area contributed by atoms with Crippen LogP contribution in [-0.4, -0.2) is 74.2 Å². The van der Waals surface area contributed by atoms with Gasteiger partial charge in [0.25, 0.3) is 0 Å². The van der Waals surface area contributed by atoms with Crippen LogP contribution in [-0.2, 0) is 21.4 Å². The van der Waals surface area contributed by atoms with E-state index in [0.717, 1.165) is 38.9 Å². The molecule has 1 N–H and O–H groups in total. The highest BCUT2D eigenvalue weighted by molar-refractivity contribution is 7.89. The van der Waals surface area contributed by atoms with Crippen LogP contribution in [0.2, 0.25) is 0 Å². The van der Waals surface area contributed by atoms with E-state index < -0.39 is 10.0 Å². The molecule has 2 aromatic rings. The van der Waals surface area contributed by atoms with Gasteiger partial charge in [0.1, 0.15) is 5.82 Å². The summed E-state index contributed by atoms with van der Waals surface area (Å²) < 4.78 is 41.0. The van der Waals surface area contributed by atoms with Crippen molar-refractivity contribution in [3.05, 3.63) is 59.9 Å². The van der Waals surface area contributed by atoms with E-state index in [4.69, 9.17) is 0 Å². The molecule has 2 saturated heterocycles. The van der Waals surface area contributed by atoms with Crippen LogP contribution in [0.5, 0.6) is 0 Å². The largest absolute Gasteiger partial charge is 0.325 e. The fraction of sp³-hybridized carbons (Fsp3) is 0.458. The van der Waals surface area contributed by atoms with Crippen molar-refractivity contribution in [2.45, 2.75) is 30.7 Å². The second kappa shape index (κ2) is 10.7. The zero-order valence-corrected chi connectivity index (χ0v) is 19.6. The summed E-state index contributed by atoms with van der Waals surface area (Å²) in [5.74, 6) is -0.361. The number of halogens is 1. The van der Waals surface area contributed by atoms with Gasteiger partial charge in [-0.3, -0.25) is 14.6 Å². The maximum atomic E-state index is 14.0. The smallest absolute Gasteiger partial charge is 0.243 e. The van der Waals surface area contributed by atoms with Crippen LogP contribution in [0.25, 0.3) is 0 Å². The third kappa shape index (κ3) is 6.17. The van der Waals surface area contributed by atoms with Gasteiger partial charge >= 0.3 is 0 Å². The van der Waals surface area contributed by atoms with E-state index in [1.165, 1.54) is 16.4 Å². The van der Waals surface area contributed by atoms with Crippen molar-refractivity contribution in [2.75, 3.05) is 51.1 Å². The van der Waals surface area contributed by atoms with Crippen LogP contribution >= 0.6 is 0 Å². The van der Waals surface area contributed by atoms with Gasteiger partial charge in [-0.2, -0.15) is 4.31 Å². The Balaban J connectivity index is 1.30. The number of carbonyl (C=O) groups is 1. The highest BCUT2D eigenvalue weighted by Crippen LogP contribution is 2.23. The summed E-state index contributed by atoms with van der Waals surface area (Å²) in [5, 5.41) is 2.84. The molecule has 7 nitrogen and oxygen atoms in total. The molecule has 33 heavy (non-hydrogen) atoms. The molecule has 2 aliphatic heterocycles. The normalized spacial score (nSPS) is 18.8. The molecule has 0 radical (unpaired) electrons. The molecular weight excluding hydrogens is 443 g/mol. The number of rotatable bonds is 7. The van der Waals surface area contributed by atoms with E-state index in [1.807, 2.05) is 12.1 Å². The molecule has 9 heteroatoms. The van der Waals surface area contributed by atoms with Crippen LogP contribution < -0.4 is 5.32 Å². The SMILES string of the molecule is O=C(CN1CCCN(Cc2ccccc2F)CC1)Nc1cccc(S(=O)(=O)N2CCCC2)c1. The predicted octanol–water partition coefficient (Wildman–Crippen LogP) is 2.76. The first-order valence-corrected chi connectivity index (χ1v) is 12.9. The first-order valence-electron chi connectivity index (χ1n) is 11.5. The number of nitrogens with one attached hydrogen (secondary N) is 1. The molecule has 0 aliphatic carbocycles. The molecule has 0 spiro atoms. The lowest BCUT2D eigenvalue weighted by atomic mass is 10.2. The Hall–Kier alpha value is -2.33. The summed E-state index contributed by atoms with van der Waals surface area (Å²) in [6, 6.07) is 13.3. The molecule has 1 amide bonds. The molecule has 2 fully saturated rings. The minimum atomic E-state index is -3.52. The lowest BCUT2D eigenvalue weighted by molar-refractivity contribution is -0.117. The van der Waals surface area contributed by atoms with E-state index in [1.54, 1.807) is 24.3 Å². The summed E-state index contributed by atoms with van der Waals surface area (Å²) in [7, 11) is -3.52. The second-order valence-electron chi connectivity index (χ2n) is 8.68. The Labute approximate surface area is 195 Å². The Kier molecular flexibility index (Phi) is 7.75. The summed E-state index contributed by atoms with van der Waals surface area (Å²) in [6.45, 7) is 4.98. The van der Waals surface area contributed by atoms with Crippen LogP contribution in [0, 0.1) is 5.82 Å². The van der Waals surface area contributed by atoms with Crippen molar-refractivity contribution >= 4 is 21.6 Å². The first kappa shape index (κ1) is 23.8. The second-order valence-corrected chi connectivity index (χ2v) is 10.6. The van der Waals surface area contributed by atoms with Gasteiger partial charge < -0.3 is 5.32 Å². The summed E-state index contributed by atoms with van der Waals surface area (Å²) >= 11 is 0. The molecule has 2 aromatic carbocycles. The molecule has 2 heterocycles. The van der Waals surface area contributed by atoms with Gasteiger partial charge in [0.05, 0.1) is 11.4 Å². The molecule has 2 aliphatic rings. The fourth-order valence-electron chi connectivity index (χ4n) is 4.42. The van der Waals surface area contributed by atoms with Gasteiger partial charge in [-0.1, -0.05) is 24.3 Å². The highest BCUT2D eigenvalue weighted by atomic mass is 32.2. The van der Waals surface area contributed by atoms with Crippen molar-refractivity contribution in [2.24, 2.45) is 0 Å². The van der Waals surface area contributed by atoms with Crippen molar-refractivity contribution in [1.82, 2.24) is 14.1 Å². The molecule has 0 atom stereocenters. The molecule has 0 saturated carbocycles. The third-order valence-corrected chi connectivity index (χ3v) is 8.12. The minimum absolute atomic E-state index is 0.173. The fourth-order valence-corrected chi connectivity index (χ4v) is 5.99. The maximum absolute atomic E-state index is 14.0. The van der Waals surface area contributed by atoms with Crippen LogP contribution in [0.3, 0.4) is 0 Å². The Morgan fingerprint density at radius 2 is 1.61 bits per heavy atom. The summed E-state index contributed by atoms with van der Waals surface area (Å²) in [6.07, 6.45) is 2.65. The van der Waals surface area contributed by atoms with E-state index in [9.17, 15) is 17.6 Å². The van der Waals surface area contributed by atoms with Crippen molar-refractivity contribution in [3.63, 3.8) is 0 Å². The molecule has 0 bridgehead atoms. The monoisotopic (exact) mass is 474 g/mol. The van der Waals surface area contributed by atoms with Crippen LogP contribution in [0.4, 0.5) is 10.1 Å². The van der Waals surface area contributed by atoms with Gasteiger partial charge in [0.15, 0.2) is 0 Å². The van der Waals surface area contributed by atoms with Crippen molar-refractivity contribution in [3.8, 4) is 0 Å². The Morgan fingerprint density at radius 1 is 0.879 bits per heavy atom.